The maximum atomic E-state index is 12.7. The minimum atomic E-state index is -0.143. The zero-order valence-corrected chi connectivity index (χ0v) is 16.7. The fourth-order valence-corrected chi connectivity index (χ4v) is 3.13. The molecule has 5 heteroatoms. The average Bonchev–Trinajstić information content (AvgIpc) is 3.18. The molecule has 0 saturated carbocycles. The summed E-state index contributed by atoms with van der Waals surface area (Å²) < 4.78 is 11.1. The number of hydrogen-bond donors (Lipinski definition) is 1. The number of benzene rings is 3. The van der Waals surface area contributed by atoms with Crippen molar-refractivity contribution in [1.29, 1.82) is 0 Å². The smallest absolute Gasteiger partial charge is 0.255 e. The van der Waals surface area contributed by atoms with E-state index in [0.717, 1.165) is 34.5 Å². The molecule has 0 spiro atoms. The van der Waals surface area contributed by atoms with Crippen LogP contribution in [0.25, 0.3) is 22.6 Å². The Labute approximate surface area is 169 Å². The molecule has 0 aliphatic heterocycles. The third-order valence-electron chi connectivity index (χ3n) is 4.95. The number of amides is 1. The van der Waals surface area contributed by atoms with Crippen LogP contribution in [0.1, 0.15) is 28.4 Å². The summed E-state index contributed by atoms with van der Waals surface area (Å²) >= 11 is 0. The third kappa shape index (κ3) is 3.85. The lowest BCUT2D eigenvalue weighted by atomic mass is 10.1. The molecule has 146 valence electrons. The fraction of sp³-hybridized carbons (Fsp3) is 0.167. The summed E-state index contributed by atoms with van der Waals surface area (Å²) in [5.41, 5.74) is 5.72. The van der Waals surface area contributed by atoms with Crippen LogP contribution < -0.4 is 10.1 Å². The molecule has 5 nitrogen and oxygen atoms in total. The van der Waals surface area contributed by atoms with Gasteiger partial charge in [0.25, 0.3) is 5.91 Å². The summed E-state index contributed by atoms with van der Waals surface area (Å²) in [7, 11) is 1.62. The van der Waals surface area contributed by atoms with Crippen molar-refractivity contribution in [2.75, 3.05) is 12.4 Å². The Balaban J connectivity index is 1.62. The van der Waals surface area contributed by atoms with Gasteiger partial charge in [-0.3, -0.25) is 4.79 Å². The van der Waals surface area contributed by atoms with Crippen LogP contribution in [-0.4, -0.2) is 18.0 Å². The van der Waals surface area contributed by atoms with E-state index in [1.54, 1.807) is 7.11 Å². The molecule has 0 unspecified atom stereocenters. The summed E-state index contributed by atoms with van der Waals surface area (Å²) in [5.74, 6) is 1.08. The van der Waals surface area contributed by atoms with Gasteiger partial charge in [-0.05, 0) is 60.9 Å². The van der Waals surface area contributed by atoms with Crippen LogP contribution in [0.3, 0.4) is 0 Å². The third-order valence-corrected chi connectivity index (χ3v) is 4.95. The van der Waals surface area contributed by atoms with Crippen LogP contribution in [0.15, 0.2) is 65.1 Å². The SMILES string of the molecule is CCc1ccc(C(=O)Nc2cc(-c3nc4cc(OC)ccc4o3)ccc2C)cc1. The number of oxazole rings is 1. The highest BCUT2D eigenvalue weighted by atomic mass is 16.5. The highest BCUT2D eigenvalue weighted by Crippen LogP contribution is 2.29. The summed E-state index contributed by atoms with van der Waals surface area (Å²) in [6.45, 7) is 4.04. The molecule has 0 atom stereocenters. The molecule has 1 aromatic heterocycles. The molecule has 1 amide bonds. The van der Waals surface area contributed by atoms with Gasteiger partial charge >= 0.3 is 0 Å². The fourth-order valence-electron chi connectivity index (χ4n) is 3.13. The van der Waals surface area contributed by atoms with Crippen LogP contribution in [0.2, 0.25) is 0 Å². The van der Waals surface area contributed by atoms with Crippen molar-refractivity contribution < 1.29 is 13.9 Å². The number of anilines is 1. The van der Waals surface area contributed by atoms with Gasteiger partial charge in [0, 0.05) is 22.9 Å². The Morgan fingerprint density at radius 1 is 1.07 bits per heavy atom. The van der Waals surface area contributed by atoms with Gasteiger partial charge in [0.15, 0.2) is 5.58 Å². The molecule has 0 aliphatic rings. The molecule has 1 N–H and O–H groups in total. The van der Waals surface area contributed by atoms with Crippen molar-refractivity contribution in [2.24, 2.45) is 0 Å². The van der Waals surface area contributed by atoms with Gasteiger partial charge in [-0.2, -0.15) is 0 Å². The predicted octanol–water partition coefficient (Wildman–Crippen LogP) is 5.63. The second-order valence-electron chi connectivity index (χ2n) is 6.89. The number of carbonyl (C=O) groups excluding carboxylic acids is 1. The number of nitrogens with one attached hydrogen (secondary N) is 1. The van der Waals surface area contributed by atoms with E-state index in [1.165, 1.54) is 5.56 Å². The second-order valence-corrected chi connectivity index (χ2v) is 6.89. The highest BCUT2D eigenvalue weighted by molar-refractivity contribution is 6.05. The van der Waals surface area contributed by atoms with Crippen LogP contribution in [-0.2, 0) is 6.42 Å². The predicted molar refractivity (Wildman–Crippen MR) is 115 cm³/mol. The Morgan fingerprint density at radius 3 is 2.59 bits per heavy atom. The summed E-state index contributed by atoms with van der Waals surface area (Å²) in [5, 5.41) is 3.00. The van der Waals surface area contributed by atoms with Gasteiger partial charge in [-0.25, -0.2) is 4.98 Å². The number of aromatic nitrogens is 1. The number of hydrogen-bond acceptors (Lipinski definition) is 4. The molecule has 0 bridgehead atoms. The monoisotopic (exact) mass is 386 g/mol. The van der Waals surface area contributed by atoms with Crippen molar-refractivity contribution in [3.8, 4) is 17.2 Å². The number of aryl methyl sites for hydroxylation is 2. The van der Waals surface area contributed by atoms with Gasteiger partial charge in [-0.15, -0.1) is 0 Å². The number of rotatable bonds is 5. The maximum Gasteiger partial charge on any atom is 0.255 e. The van der Waals surface area contributed by atoms with E-state index in [9.17, 15) is 4.79 Å². The molecule has 0 aliphatic carbocycles. The van der Waals surface area contributed by atoms with E-state index in [0.29, 0.717) is 17.0 Å². The Morgan fingerprint density at radius 2 is 1.86 bits per heavy atom. The van der Waals surface area contributed by atoms with E-state index in [1.807, 2.05) is 67.6 Å². The summed E-state index contributed by atoms with van der Waals surface area (Å²) in [4.78, 5) is 17.2. The largest absolute Gasteiger partial charge is 0.497 e. The number of methoxy groups -OCH3 is 1. The van der Waals surface area contributed by atoms with Crippen LogP contribution >= 0.6 is 0 Å². The first kappa shape index (κ1) is 18.7. The molecule has 0 fully saturated rings. The zero-order chi connectivity index (χ0) is 20.4. The molecule has 1 heterocycles. The van der Waals surface area contributed by atoms with Crippen molar-refractivity contribution in [1.82, 2.24) is 4.98 Å². The lowest BCUT2D eigenvalue weighted by molar-refractivity contribution is 0.102. The van der Waals surface area contributed by atoms with E-state index in [-0.39, 0.29) is 5.91 Å². The Kier molecular flexibility index (Phi) is 5.04. The molecule has 4 rings (SSSR count). The van der Waals surface area contributed by atoms with Crippen molar-refractivity contribution >= 4 is 22.7 Å². The van der Waals surface area contributed by atoms with Gasteiger partial charge in [0.05, 0.1) is 7.11 Å². The highest BCUT2D eigenvalue weighted by Gasteiger charge is 2.13. The standard InChI is InChI=1S/C24H22N2O3/c1-4-16-6-9-17(10-7-16)23(27)25-20-13-18(8-5-15(20)2)24-26-21-14-19(28-3)11-12-22(21)29-24/h5-14H,4H2,1-3H3,(H,25,27). The first-order valence-corrected chi connectivity index (χ1v) is 9.53. The number of ether oxygens (including phenoxy) is 1. The molecular weight excluding hydrogens is 364 g/mol. The minimum Gasteiger partial charge on any atom is -0.497 e. The van der Waals surface area contributed by atoms with Gasteiger partial charge in [-0.1, -0.05) is 25.1 Å². The molecule has 29 heavy (non-hydrogen) atoms. The van der Waals surface area contributed by atoms with Crippen LogP contribution in [0.5, 0.6) is 5.75 Å². The summed E-state index contributed by atoms with van der Waals surface area (Å²) in [6.07, 6.45) is 0.944. The quantitative estimate of drug-likeness (QED) is 0.483. The first-order valence-electron chi connectivity index (χ1n) is 9.53. The van der Waals surface area contributed by atoms with Gasteiger partial charge in [0.1, 0.15) is 11.3 Å². The number of carbonyl (C=O) groups is 1. The first-order chi connectivity index (χ1) is 14.1. The number of nitrogens with zero attached hydrogens (tertiary/aromatic N) is 1. The lowest BCUT2D eigenvalue weighted by Crippen LogP contribution is -2.12. The van der Waals surface area contributed by atoms with Crippen molar-refractivity contribution in [3.63, 3.8) is 0 Å². The normalized spacial score (nSPS) is 10.9. The zero-order valence-electron chi connectivity index (χ0n) is 16.7. The summed E-state index contributed by atoms with van der Waals surface area (Å²) in [6, 6.07) is 18.9. The molecule has 0 saturated heterocycles. The van der Waals surface area contributed by atoms with E-state index >= 15 is 0 Å². The second kappa shape index (κ2) is 7.80. The topological polar surface area (TPSA) is 64.4 Å². The lowest BCUT2D eigenvalue weighted by Gasteiger charge is -2.10. The van der Waals surface area contributed by atoms with E-state index in [4.69, 9.17) is 9.15 Å². The van der Waals surface area contributed by atoms with Gasteiger partial charge < -0.3 is 14.5 Å². The van der Waals surface area contributed by atoms with E-state index in [2.05, 4.69) is 17.2 Å². The average molecular weight is 386 g/mol. The van der Waals surface area contributed by atoms with Crippen LogP contribution in [0.4, 0.5) is 5.69 Å². The molecule has 0 radical (unpaired) electrons. The molecule has 3 aromatic carbocycles. The van der Waals surface area contributed by atoms with Crippen molar-refractivity contribution in [3.05, 3.63) is 77.4 Å². The van der Waals surface area contributed by atoms with Crippen molar-refractivity contribution in [2.45, 2.75) is 20.3 Å². The van der Waals surface area contributed by atoms with Crippen LogP contribution in [0, 0.1) is 6.92 Å². The maximum absolute atomic E-state index is 12.7. The van der Waals surface area contributed by atoms with E-state index < -0.39 is 0 Å². The number of fused-ring (bicyclic) bond motifs is 1. The molecular formula is C24H22N2O3. The van der Waals surface area contributed by atoms with Gasteiger partial charge in [0.2, 0.25) is 5.89 Å². The Bertz CT molecular complexity index is 1180. The Hall–Kier alpha value is -3.60. The molecule has 4 aromatic rings. The minimum absolute atomic E-state index is 0.143.